The smallest absolute Gasteiger partial charge is 0.328 e. The van der Waals surface area contributed by atoms with Gasteiger partial charge in [0.05, 0.1) is 5.52 Å². The molecule has 0 aliphatic heterocycles. The Bertz CT molecular complexity index is 603. The Labute approximate surface area is 85.8 Å². The van der Waals surface area contributed by atoms with E-state index in [1.807, 2.05) is 13.8 Å². The van der Waals surface area contributed by atoms with E-state index in [0.29, 0.717) is 17.6 Å². The molecule has 0 atom stereocenters. The van der Waals surface area contributed by atoms with E-state index < -0.39 is 0 Å². The lowest BCUT2D eigenvalue weighted by molar-refractivity contribution is 0.622. The topological polar surface area (TPSA) is 70.7 Å². The van der Waals surface area contributed by atoms with Crippen molar-refractivity contribution < 1.29 is 0 Å². The van der Waals surface area contributed by atoms with Crippen LogP contribution in [0.2, 0.25) is 0 Å². The second kappa shape index (κ2) is 3.42. The highest BCUT2D eigenvalue weighted by atomic mass is 16.2. The third-order valence-electron chi connectivity index (χ3n) is 2.35. The molecule has 2 aromatic heterocycles. The molecule has 2 N–H and O–H groups in total. The van der Waals surface area contributed by atoms with Crippen molar-refractivity contribution in [2.24, 2.45) is 0 Å². The molecule has 0 bridgehead atoms. The van der Waals surface area contributed by atoms with Gasteiger partial charge in [0.25, 0.3) is 5.56 Å². The number of aromatic nitrogens is 3. The maximum Gasteiger partial charge on any atom is 0.328 e. The van der Waals surface area contributed by atoms with Crippen LogP contribution in [0.25, 0.3) is 11.0 Å². The third kappa shape index (κ3) is 1.49. The molecule has 0 amide bonds. The van der Waals surface area contributed by atoms with Gasteiger partial charge in [0, 0.05) is 12.2 Å². The predicted molar refractivity (Wildman–Crippen MR) is 58.2 cm³/mol. The molecular weight excluding hydrogens is 194 g/mol. The second-order valence-electron chi connectivity index (χ2n) is 3.63. The van der Waals surface area contributed by atoms with Gasteiger partial charge in [-0.25, -0.2) is 4.79 Å². The molecule has 0 spiro atoms. The van der Waals surface area contributed by atoms with Gasteiger partial charge in [0.2, 0.25) is 0 Å². The molecule has 0 aliphatic carbocycles. The van der Waals surface area contributed by atoms with Gasteiger partial charge >= 0.3 is 5.69 Å². The molecule has 0 saturated heterocycles. The number of aryl methyl sites for hydroxylation is 1. The first-order valence-electron chi connectivity index (χ1n) is 4.96. The van der Waals surface area contributed by atoms with E-state index in [-0.39, 0.29) is 11.2 Å². The molecule has 80 valence electrons. The first-order valence-corrected chi connectivity index (χ1v) is 4.96. The summed E-state index contributed by atoms with van der Waals surface area (Å²) in [5.41, 5.74) is 1.33. The van der Waals surface area contributed by atoms with Gasteiger partial charge < -0.3 is 9.97 Å². The minimum atomic E-state index is -0.339. The van der Waals surface area contributed by atoms with Crippen LogP contribution >= 0.6 is 0 Å². The largest absolute Gasteiger partial charge is 0.353 e. The molecule has 0 saturated carbocycles. The number of nitrogens with one attached hydrogen (secondary N) is 2. The Morgan fingerprint density at radius 2 is 2.07 bits per heavy atom. The third-order valence-corrected chi connectivity index (χ3v) is 2.35. The summed E-state index contributed by atoms with van der Waals surface area (Å²) in [6.45, 7) is 4.22. The average Bonchev–Trinajstić information content (AvgIpc) is 2.53. The van der Waals surface area contributed by atoms with E-state index in [1.54, 1.807) is 6.07 Å². The Morgan fingerprint density at radius 1 is 1.33 bits per heavy atom. The van der Waals surface area contributed by atoms with Crippen molar-refractivity contribution in [2.75, 3.05) is 0 Å². The summed E-state index contributed by atoms with van der Waals surface area (Å²) in [4.78, 5) is 29.0. The van der Waals surface area contributed by atoms with Gasteiger partial charge in [-0.05, 0) is 19.4 Å². The summed E-state index contributed by atoms with van der Waals surface area (Å²) < 4.78 is 1.22. The summed E-state index contributed by atoms with van der Waals surface area (Å²) in [5.74, 6) is 0. The van der Waals surface area contributed by atoms with Crippen molar-refractivity contribution in [3.8, 4) is 0 Å². The maximum atomic E-state index is 11.9. The van der Waals surface area contributed by atoms with Crippen LogP contribution in [0.15, 0.2) is 15.7 Å². The number of fused-ring (bicyclic) bond motifs is 1. The summed E-state index contributed by atoms with van der Waals surface area (Å²) in [6.07, 6.45) is 0.758. The molecule has 0 fully saturated rings. The van der Waals surface area contributed by atoms with Crippen molar-refractivity contribution in [2.45, 2.75) is 26.8 Å². The van der Waals surface area contributed by atoms with Crippen molar-refractivity contribution in [3.05, 3.63) is 32.6 Å². The van der Waals surface area contributed by atoms with E-state index in [1.165, 1.54) is 4.57 Å². The number of hydrogen-bond donors (Lipinski definition) is 2. The van der Waals surface area contributed by atoms with Gasteiger partial charge in [-0.1, -0.05) is 6.92 Å². The molecule has 5 heteroatoms. The summed E-state index contributed by atoms with van der Waals surface area (Å²) >= 11 is 0. The van der Waals surface area contributed by atoms with Crippen LogP contribution in [-0.2, 0) is 6.54 Å². The highest BCUT2D eigenvalue weighted by Crippen LogP contribution is 2.05. The Hall–Kier alpha value is -1.78. The van der Waals surface area contributed by atoms with Crippen LogP contribution in [-0.4, -0.2) is 14.5 Å². The van der Waals surface area contributed by atoms with Crippen molar-refractivity contribution in [1.82, 2.24) is 14.5 Å². The van der Waals surface area contributed by atoms with E-state index >= 15 is 0 Å². The fraction of sp³-hybridized carbons (Fsp3) is 0.400. The maximum absolute atomic E-state index is 11.9. The zero-order chi connectivity index (χ0) is 11.0. The van der Waals surface area contributed by atoms with E-state index in [0.717, 1.165) is 12.1 Å². The zero-order valence-electron chi connectivity index (χ0n) is 8.76. The Balaban J connectivity index is 2.83. The monoisotopic (exact) mass is 207 g/mol. The minimum Gasteiger partial charge on any atom is -0.353 e. The van der Waals surface area contributed by atoms with Crippen LogP contribution in [0, 0.1) is 6.92 Å². The van der Waals surface area contributed by atoms with Crippen LogP contribution in [0.5, 0.6) is 0 Å². The van der Waals surface area contributed by atoms with Gasteiger partial charge in [-0.2, -0.15) is 0 Å². The van der Waals surface area contributed by atoms with Crippen LogP contribution < -0.4 is 11.2 Å². The normalized spacial score (nSPS) is 11.1. The first kappa shape index (κ1) is 9.76. The Kier molecular flexibility index (Phi) is 2.22. The number of rotatable bonds is 2. The molecule has 0 aliphatic rings. The molecule has 0 unspecified atom stereocenters. The Morgan fingerprint density at radius 3 is 2.73 bits per heavy atom. The lowest BCUT2D eigenvalue weighted by atomic mass is 10.4. The van der Waals surface area contributed by atoms with Gasteiger partial charge in [0.15, 0.2) is 0 Å². The number of aromatic amines is 2. The second-order valence-corrected chi connectivity index (χ2v) is 3.63. The van der Waals surface area contributed by atoms with Crippen LogP contribution in [0.4, 0.5) is 0 Å². The predicted octanol–water partition coefficient (Wildman–Crippen LogP) is 0.736. The molecule has 2 heterocycles. The highest BCUT2D eigenvalue weighted by molar-refractivity contribution is 5.74. The molecule has 2 aromatic rings. The van der Waals surface area contributed by atoms with Crippen LogP contribution in [0.1, 0.15) is 19.0 Å². The first-order chi connectivity index (χ1) is 7.13. The van der Waals surface area contributed by atoms with Gasteiger partial charge in [0.1, 0.15) is 5.52 Å². The summed E-state index contributed by atoms with van der Waals surface area (Å²) in [5, 5.41) is 0. The number of nitrogens with zero attached hydrogens (tertiary/aromatic N) is 1. The van der Waals surface area contributed by atoms with Crippen molar-refractivity contribution in [3.63, 3.8) is 0 Å². The lowest BCUT2D eigenvalue weighted by Crippen LogP contribution is -2.34. The van der Waals surface area contributed by atoms with E-state index in [2.05, 4.69) is 9.97 Å². The quantitative estimate of drug-likeness (QED) is 0.762. The molecule has 15 heavy (non-hydrogen) atoms. The fourth-order valence-electron chi connectivity index (χ4n) is 1.69. The zero-order valence-corrected chi connectivity index (χ0v) is 8.76. The number of H-pyrrole nitrogens is 2. The van der Waals surface area contributed by atoms with Gasteiger partial charge in [-0.15, -0.1) is 0 Å². The lowest BCUT2D eigenvalue weighted by Gasteiger charge is -2.01. The van der Waals surface area contributed by atoms with Crippen molar-refractivity contribution >= 4 is 11.0 Å². The van der Waals surface area contributed by atoms with E-state index in [9.17, 15) is 9.59 Å². The summed E-state index contributed by atoms with van der Waals surface area (Å²) in [7, 11) is 0. The SMILES string of the molecule is CCCn1c(=O)[nH]c2cc(C)[nH]c2c1=O. The minimum absolute atomic E-state index is 0.247. The molecule has 0 aromatic carbocycles. The molecule has 2 rings (SSSR count). The molecular formula is C10H13N3O2. The standard InChI is InChI=1S/C10H13N3O2/c1-3-4-13-9(14)8-7(12-10(13)15)5-6(2)11-8/h5,11H,3-4H2,1-2H3,(H,12,15). The fourth-order valence-corrected chi connectivity index (χ4v) is 1.69. The average molecular weight is 207 g/mol. The number of hydrogen-bond acceptors (Lipinski definition) is 2. The summed E-state index contributed by atoms with van der Waals surface area (Å²) in [6, 6.07) is 1.76. The highest BCUT2D eigenvalue weighted by Gasteiger charge is 2.08. The van der Waals surface area contributed by atoms with E-state index in [4.69, 9.17) is 0 Å². The van der Waals surface area contributed by atoms with Gasteiger partial charge in [-0.3, -0.25) is 9.36 Å². The van der Waals surface area contributed by atoms with Crippen molar-refractivity contribution in [1.29, 1.82) is 0 Å². The van der Waals surface area contributed by atoms with Crippen LogP contribution in [0.3, 0.4) is 0 Å². The molecule has 5 nitrogen and oxygen atoms in total. The molecule has 0 radical (unpaired) electrons.